The summed E-state index contributed by atoms with van der Waals surface area (Å²) in [5, 5.41) is 14.3. The highest BCUT2D eigenvalue weighted by Gasteiger charge is 2.21. The Hall–Kier alpha value is -0.900. The van der Waals surface area contributed by atoms with Gasteiger partial charge >= 0.3 is 0 Å². The summed E-state index contributed by atoms with van der Waals surface area (Å²) >= 11 is 0. The van der Waals surface area contributed by atoms with E-state index in [2.05, 4.69) is 10.1 Å². The van der Waals surface area contributed by atoms with Gasteiger partial charge in [-0.2, -0.15) is 5.10 Å². The zero-order valence-electron chi connectivity index (χ0n) is 10.7. The van der Waals surface area contributed by atoms with Crippen LogP contribution in [-0.4, -0.2) is 26.0 Å². The van der Waals surface area contributed by atoms with Crippen LogP contribution in [0.25, 0.3) is 0 Å². The molecule has 4 nitrogen and oxygen atoms in total. The Morgan fingerprint density at radius 2 is 1.94 bits per heavy atom. The summed E-state index contributed by atoms with van der Waals surface area (Å²) < 4.78 is 1.76. The van der Waals surface area contributed by atoms with Crippen LogP contribution in [0.3, 0.4) is 0 Å². The van der Waals surface area contributed by atoms with Crippen LogP contribution in [0.4, 0.5) is 0 Å². The lowest BCUT2D eigenvalue weighted by molar-refractivity contribution is 0.0887. The van der Waals surface area contributed by atoms with E-state index in [1.54, 1.807) is 11.0 Å². The Labute approximate surface area is 103 Å². The van der Waals surface area contributed by atoms with Gasteiger partial charge in [0.15, 0.2) is 0 Å². The smallest absolute Gasteiger partial charge is 0.138 e. The second-order valence-corrected chi connectivity index (χ2v) is 5.18. The second-order valence-electron chi connectivity index (χ2n) is 5.18. The van der Waals surface area contributed by atoms with Crippen LogP contribution in [-0.2, 0) is 13.5 Å². The van der Waals surface area contributed by atoms with Crippen LogP contribution in [0.1, 0.15) is 50.8 Å². The summed E-state index contributed by atoms with van der Waals surface area (Å²) in [5.41, 5.74) is 0. The molecule has 0 bridgehead atoms. The largest absolute Gasteiger partial charge is 0.392 e. The van der Waals surface area contributed by atoms with Crippen molar-refractivity contribution < 1.29 is 5.11 Å². The van der Waals surface area contributed by atoms with E-state index in [4.69, 9.17) is 0 Å². The molecule has 1 aromatic rings. The fourth-order valence-electron chi connectivity index (χ4n) is 2.73. The third-order valence-corrected chi connectivity index (χ3v) is 3.89. The van der Waals surface area contributed by atoms with Crippen molar-refractivity contribution in [2.45, 2.75) is 57.5 Å². The molecule has 1 heterocycles. The molecule has 96 valence electrons. The molecule has 1 atom stereocenters. The lowest BCUT2D eigenvalue weighted by atomic mass is 9.86. The minimum Gasteiger partial charge on any atom is -0.392 e. The van der Waals surface area contributed by atoms with E-state index in [9.17, 15) is 5.11 Å². The lowest BCUT2D eigenvalue weighted by Gasteiger charge is -2.24. The van der Waals surface area contributed by atoms with Crippen LogP contribution in [0, 0.1) is 5.92 Å². The van der Waals surface area contributed by atoms with Crippen molar-refractivity contribution >= 4 is 0 Å². The highest BCUT2D eigenvalue weighted by atomic mass is 16.3. The molecule has 1 aliphatic carbocycles. The molecule has 0 saturated heterocycles. The molecule has 1 aromatic heterocycles. The van der Waals surface area contributed by atoms with E-state index in [1.807, 2.05) is 7.05 Å². The monoisotopic (exact) mass is 237 g/mol. The van der Waals surface area contributed by atoms with Gasteiger partial charge in [0.2, 0.25) is 0 Å². The molecule has 1 N–H and O–H groups in total. The molecule has 2 rings (SSSR count). The number of aliphatic hydroxyl groups is 1. The number of aromatic nitrogens is 3. The molecule has 1 aliphatic rings. The van der Waals surface area contributed by atoms with Crippen LogP contribution in [0.2, 0.25) is 0 Å². The number of hydrogen-bond donors (Lipinski definition) is 1. The summed E-state index contributed by atoms with van der Waals surface area (Å²) in [4.78, 5) is 4.18. The van der Waals surface area contributed by atoms with Crippen molar-refractivity contribution in [3.8, 4) is 0 Å². The maximum atomic E-state index is 10.3. The molecule has 4 heteroatoms. The Morgan fingerprint density at radius 1 is 1.29 bits per heavy atom. The molecule has 0 aromatic carbocycles. The maximum Gasteiger partial charge on any atom is 0.138 e. The summed E-state index contributed by atoms with van der Waals surface area (Å²) in [6.07, 6.45) is 10.8. The Morgan fingerprint density at radius 3 is 2.53 bits per heavy atom. The van der Waals surface area contributed by atoms with Gasteiger partial charge in [0.05, 0.1) is 6.10 Å². The number of hydrogen-bond acceptors (Lipinski definition) is 3. The van der Waals surface area contributed by atoms with Crippen LogP contribution < -0.4 is 0 Å². The quantitative estimate of drug-likeness (QED) is 0.875. The van der Waals surface area contributed by atoms with E-state index < -0.39 is 0 Å². The molecular formula is C13H23N3O. The van der Waals surface area contributed by atoms with Crippen LogP contribution in [0.5, 0.6) is 0 Å². The van der Waals surface area contributed by atoms with E-state index in [0.717, 1.165) is 5.82 Å². The first kappa shape index (κ1) is 12.6. The number of aryl methyl sites for hydroxylation is 1. The third kappa shape index (κ3) is 3.53. The van der Waals surface area contributed by atoms with Gasteiger partial charge in [0.1, 0.15) is 12.2 Å². The average molecular weight is 237 g/mol. The van der Waals surface area contributed by atoms with Crippen molar-refractivity contribution in [3.05, 3.63) is 12.2 Å². The Bertz CT molecular complexity index is 329. The number of aliphatic hydroxyl groups excluding tert-OH is 1. The molecule has 0 spiro atoms. The second kappa shape index (κ2) is 6.15. The summed E-state index contributed by atoms with van der Waals surface area (Å²) in [7, 11) is 1.88. The normalized spacial score (nSPS) is 20.8. The van der Waals surface area contributed by atoms with E-state index in [-0.39, 0.29) is 6.10 Å². The van der Waals surface area contributed by atoms with Crippen molar-refractivity contribution in [2.75, 3.05) is 0 Å². The zero-order valence-corrected chi connectivity index (χ0v) is 10.7. The minimum absolute atomic E-state index is 0.254. The summed E-state index contributed by atoms with van der Waals surface area (Å²) in [6.45, 7) is 0. The lowest BCUT2D eigenvalue weighted by Crippen LogP contribution is -2.25. The van der Waals surface area contributed by atoms with E-state index >= 15 is 0 Å². The minimum atomic E-state index is -0.254. The molecule has 0 amide bonds. The van der Waals surface area contributed by atoms with E-state index in [1.165, 1.54) is 44.9 Å². The maximum absolute atomic E-state index is 10.3. The van der Waals surface area contributed by atoms with Gasteiger partial charge in [-0.15, -0.1) is 0 Å². The highest BCUT2D eigenvalue weighted by molar-refractivity contribution is 4.88. The summed E-state index contributed by atoms with van der Waals surface area (Å²) in [5.74, 6) is 1.34. The van der Waals surface area contributed by atoms with Gasteiger partial charge in [-0.3, -0.25) is 4.68 Å². The van der Waals surface area contributed by atoms with Gasteiger partial charge in [0, 0.05) is 13.5 Å². The molecule has 0 aliphatic heterocycles. The standard InChI is InChI=1S/C13H23N3O/c1-16-13(14-10-15-16)9-12(17)11-7-5-3-2-4-6-8-11/h10-12,17H,2-9H2,1H3. The SMILES string of the molecule is Cn1ncnc1CC(O)C1CCCCCCC1. The number of nitrogens with zero attached hydrogens (tertiary/aromatic N) is 3. The topological polar surface area (TPSA) is 50.9 Å². The predicted octanol–water partition coefficient (Wildman–Crippen LogP) is 2.08. The fourth-order valence-corrected chi connectivity index (χ4v) is 2.73. The Kier molecular flexibility index (Phi) is 4.54. The van der Waals surface area contributed by atoms with Gasteiger partial charge in [-0.25, -0.2) is 4.98 Å². The first-order valence-electron chi connectivity index (χ1n) is 6.78. The molecule has 1 unspecified atom stereocenters. The van der Waals surface area contributed by atoms with Crippen molar-refractivity contribution in [2.24, 2.45) is 13.0 Å². The predicted molar refractivity (Wildman–Crippen MR) is 66.5 cm³/mol. The molecule has 0 radical (unpaired) electrons. The van der Waals surface area contributed by atoms with E-state index in [0.29, 0.717) is 12.3 Å². The van der Waals surface area contributed by atoms with Crippen molar-refractivity contribution in [1.29, 1.82) is 0 Å². The van der Waals surface area contributed by atoms with Crippen LogP contribution in [0.15, 0.2) is 6.33 Å². The van der Waals surface area contributed by atoms with Crippen LogP contribution >= 0.6 is 0 Å². The first-order valence-corrected chi connectivity index (χ1v) is 6.78. The third-order valence-electron chi connectivity index (χ3n) is 3.89. The highest BCUT2D eigenvalue weighted by Crippen LogP contribution is 2.26. The molecule has 17 heavy (non-hydrogen) atoms. The molecule has 1 fully saturated rings. The molecular weight excluding hydrogens is 214 g/mol. The van der Waals surface area contributed by atoms with Gasteiger partial charge < -0.3 is 5.11 Å². The first-order chi connectivity index (χ1) is 8.27. The van der Waals surface area contributed by atoms with Gasteiger partial charge in [-0.1, -0.05) is 32.1 Å². The van der Waals surface area contributed by atoms with Crippen molar-refractivity contribution in [3.63, 3.8) is 0 Å². The fraction of sp³-hybridized carbons (Fsp3) is 0.846. The molecule has 1 saturated carbocycles. The average Bonchev–Trinajstić information content (AvgIpc) is 2.63. The zero-order chi connectivity index (χ0) is 12.1. The van der Waals surface area contributed by atoms with Gasteiger partial charge in [0.25, 0.3) is 0 Å². The Balaban J connectivity index is 1.89. The number of rotatable bonds is 3. The van der Waals surface area contributed by atoms with Gasteiger partial charge in [-0.05, 0) is 18.8 Å². The summed E-state index contributed by atoms with van der Waals surface area (Å²) in [6, 6.07) is 0. The van der Waals surface area contributed by atoms with Crippen molar-refractivity contribution in [1.82, 2.24) is 14.8 Å².